The fourth-order valence-electron chi connectivity index (χ4n) is 2.74. The number of aromatic nitrogens is 1. The highest BCUT2D eigenvalue weighted by molar-refractivity contribution is 5.89. The lowest BCUT2D eigenvalue weighted by Crippen LogP contribution is -2.26. The van der Waals surface area contributed by atoms with Gasteiger partial charge in [-0.2, -0.15) is 0 Å². The molecule has 22 heavy (non-hydrogen) atoms. The third-order valence-corrected chi connectivity index (χ3v) is 3.69. The van der Waals surface area contributed by atoms with Gasteiger partial charge in [-0.3, -0.25) is 9.69 Å². The molecule has 0 saturated carbocycles. The number of carbonyl (C=O) groups is 1. The van der Waals surface area contributed by atoms with Crippen molar-refractivity contribution in [3.05, 3.63) is 60.8 Å². The molecule has 1 aromatic heterocycles. The molecule has 116 valence electrons. The molecule has 1 heterocycles. The van der Waals surface area contributed by atoms with Crippen LogP contribution in [0.1, 0.15) is 11.1 Å². The molecular weight excluding hydrogens is 276 g/mol. The fraction of sp³-hybridized carbons (Fsp3) is 0.278. The van der Waals surface area contributed by atoms with Crippen molar-refractivity contribution in [1.82, 2.24) is 9.88 Å². The number of carboxylic acid groups (broad SMARTS) is 1. The minimum absolute atomic E-state index is 0.0468. The Hall–Kier alpha value is -2.33. The Labute approximate surface area is 130 Å². The first-order valence-electron chi connectivity index (χ1n) is 7.39. The number of aliphatic carboxylic acids is 1. The van der Waals surface area contributed by atoms with E-state index in [0.717, 1.165) is 48.1 Å². The Kier molecular flexibility index (Phi) is 5.55. The number of rotatable bonds is 9. The van der Waals surface area contributed by atoms with Crippen molar-refractivity contribution in [2.75, 3.05) is 19.6 Å². The van der Waals surface area contributed by atoms with E-state index in [1.807, 2.05) is 36.5 Å². The van der Waals surface area contributed by atoms with Crippen LogP contribution in [0.2, 0.25) is 0 Å². The summed E-state index contributed by atoms with van der Waals surface area (Å²) in [7, 11) is 0. The molecule has 0 atom stereocenters. The first kappa shape index (κ1) is 16.0. The van der Waals surface area contributed by atoms with E-state index in [4.69, 9.17) is 5.11 Å². The van der Waals surface area contributed by atoms with Crippen molar-refractivity contribution in [3.63, 3.8) is 0 Å². The van der Waals surface area contributed by atoms with Gasteiger partial charge in [-0.15, -0.1) is 13.2 Å². The van der Waals surface area contributed by atoms with Gasteiger partial charge in [0.25, 0.3) is 0 Å². The van der Waals surface area contributed by atoms with Crippen molar-refractivity contribution >= 4 is 16.9 Å². The van der Waals surface area contributed by atoms with E-state index >= 15 is 0 Å². The molecule has 0 aliphatic heterocycles. The fourth-order valence-corrected chi connectivity index (χ4v) is 2.74. The average molecular weight is 298 g/mol. The molecular formula is C18H22N2O2. The second-order valence-electron chi connectivity index (χ2n) is 5.31. The molecule has 2 N–H and O–H groups in total. The summed E-state index contributed by atoms with van der Waals surface area (Å²) in [5, 5.41) is 10.1. The zero-order valence-electron chi connectivity index (χ0n) is 12.7. The lowest BCUT2D eigenvalue weighted by atomic mass is 10.0. The summed E-state index contributed by atoms with van der Waals surface area (Å²) < 4.78 is 0. The Bertz CT molecular complexity index is 663. The topological polar surface area (TPSA) is 56.3 Å². The van der Waals surface area contributed by atoms with Gasteiger partial charge in [0, 0.05) is 36.7 Å². The summed E-state index contributed by atoms with van der Waals surface area (Å²) in [5.74, 6) is -0.806. The highest BCUT2D eigenvalue weighted by Crippen LogP contribution is 2.24. The Balaban J connectivity index is 2.21. The summed E-state index contributed by atoms with van der Waals surface area (Å²) in [5.41, 5.74) is 3.01. The maximum absolute atomic E-state index is 11.0. The molecule has 0 amide bonds. The summed E-state index contributed by atoms with van der Waals surface area (Å²) in [6.45, 7) is 10.1. The Morgan fingerprint density at radius 1 is 1.23 bits per heavy atom. The van der Waals surface area contributed by atoms with Crippen LogP contribution in [0.25, 0.3) is 10.9 Å². The normalized spacial score (nSPS) is 11.0. The predicted octanol–water partition coefficient (Wildman–Crippen LogP) is 3.01. The maximum atomic E-state index is 11.0. The predicted molar refractivity (Wildman–Crippen MR) is 90.2 cm³/mol. The molecule has 4 heteroatoms. The lowest BCUT2D eigenvalue weighted by Gasteiger charge is -2.18. The highest BCUT2D eigenvalue weighted by Gasteiger charge is 2.12. The number of aromatic amines is 1. The summed E-state index contributed by atoms with van der Waals surface area (Å²) in [6, 6.07) is 5.76. The summed E-state index contributed by atoms with van der Waals surface area (Å²) in [6.07, 6.45) is 6.66. The number of fused-ring (bicyclic) bond motifs is 1. The first-order valence-corrected chi connectivity index (χ1v) is 7.39. The lowest BCUT2D eigenvalue weighted by molar-refractivity contribution is -0.136. The Morgan fingerprint density at radius 3 is 2.59 bits per heavy atom. The van der Waals surface area contributed by atoms with Gasteiger partial charge in [-0.1, -0.05) is 24.3 Å². The van der Waals surface area contributed by atoms with Gasteiger partial charge in [0.1, 0.15) is 0 Å². The van der Waals surface area contributed by atoms with Crippen LogP contribution < -0.4 is 0 Å². The van der Waals surface area contributed by atoms with E-state index < -0.39 is 5.97 Å². The molecule has 0 saturated heterocycles. The molecule has 4 nitrogen and oxygen atoms in total. The van der Waals surface area contributed by atoms with Crippen molar-refractivity contribution in [2.45, 2.75) is 12.8 Å². The molecule has 0 aliphatic rings. The van der Waals surface area contributed by atoms with Gasteiger partial charge >= 0.3 is 5.97 Å². The van der Waals surface area contributed by atoms with Crippen LogP contribution in [0.4, 0.5) is 0 Å². The van der Waals surface area contributed by atoms with Crippen LogP contribution in [-0.4, -0.2) is 40.6 Å². The third-order valence-electron chi connectivity index (χ3n) is 3.69. The molecule has 2 rings (SSSR count). The van der Waals surface area contributed by atoms with Crippen molar-refractivity contribution in [1.29, 1.82) is 0 Å². The van der Waals surface area contributed by atoms with Gasteiger partial charge in [0.15, 0.2) is 0 Å². The van der Waals surface area contributed by atoms with Gasteiger partial charge in [-0.25, -0.2) is 0 Å². The minimum Gasteiger partial charge on any atom is -0.481 e. The second-order valence-corrected chi connectivity index (χ2v) is 5.31. The van der Waals surface area contributed by atoms with E-state index in [1.165, 1.54) is 0 Å². The zero-order chi connectivity index (χ0) is 15.9. The van der Waals surface area contributed by atoms with Crippen LogP contribution in [0.15, 0.2) is 49.7 Å². The zero-order valence-corrected chi connectivity index (χ0v) is 12.7. The standard InChI is InChI=1S/C18H22N2O2/c1-3-9-20(10-4-2)11-8-15-13-19-16-7-5-6-14(18(15)16)12-17(21)22/h3-7,13,19H,1-2,8-12H2,(H,21,22). The molecule has 1 aromatic carbocycles. The second kappa shape index (κ2) is 7.61. The number of benzene rings is 1. The maximum Gasteiger partial charge on any atom is 0.307 e. The molecule has 0 bridgehead atoms. The van der Waals surface area contributed by atoms with Crippen molar-refractivity contribution in [3.8, 4) is 0 Å². The monoisotopic (exact) mass is 298 g/mol. The number of nitrogens with zero attached hydrogens (tertiary/aromatic N) is 1. The SMILES string of the molecule is C=CCN(CC=C)CCc1c[nH]c2cccc(CC(=O)O)c12. The molecule has 0 unspecified atom stereocenters. The average Bonchev–Trinajstić information content (AvgIpc) is 2.89. The van der Waals surface area contributed by atoms with Crippen molar-refractivity contribution < 1.29 is 9.90 Å². The first-order chi connectivity index (χ1) is 10.7. The number of H-pyrrole nitrogens is 1. The van der Waals surface area contributed by atoms with E-state index in [2.05, 4.69) is 23.0 Å². The van der Waals surface area contributed by atoms with E-state index in [0.29, 0.717) is 0 Å². The van der Waals surface area contributed by atoms with Crippen LogP contribution in [0.3, 0.4) is 0 Å². The summed E-state index contributed by atoms with van der Waals surface area (Å²) >= 11 is 0. The molecule has 0 fully saturated rings. The van der Waals surface area contributed by atoms with Crippen LogP contribution >= 0.6 is 0 Å². The molecule has 0 aliphatic carbocycles. The smallest absolute Gasteiger partial charge is 0.307 e. The largest absolute Gasteiger partial charge is 0.481 e. The number of nitrogens with one attached hydrogen (secondary N) is 1. The van der Waals surface area contributed by atoms with Crippen LogP contribution in [-0.2, 0) is 17.6 Å². The van der Waals surface area contributed by atoms with Crippen LogP contribution in [0, 0.1) is 0 Å². The number of carboxylic acids is 1. The van der Waals surface area contributed by atoms with Gasteiger partial charge in [0.2, 0.25) is 0 Å². The van der Waals surface area contributed by atoms with Crippen molar-refractivity contribution in [2.24, 2.45) is 0 Å². The van der Waals surface area contributed by atoms with Gasteiger partial charge in [-0.05, 0) is 23.6 Å². The summed E-state index contributed by atoms with van der Waals surface area (Å²) in [4.78, 5) is 16.5. The third kappa shape index (κ3) is 3.86. The number of hydrogen-bond donors (Lipinski definition) is 2. The van der Waals surface area contributed by atoms with Gasteiger partial charge < -0.3 is 10.1 Å². The van der Waals surface area contributed by atoms with E-state index in [1.54, 1.807) is 0 Å². The molecule has 0 radical (unpaired) electrons. The number of hydrogen-bond acceptors (Lipinski definition) is 2. The highest BCUT2D eigenvalue weighted by atomic mass is 16.4. The Morgan fingerprint density at radius 2 is 1.95 bits per heavy atom. The quantitative estimate of drug-likeness (QED) is 0.700. The van der Waals surface area contributed by atoms with E-state index in [-0.39, 0.29) is 6.42 Å². The van der Waals surface area contributed by atoms with Crippen LogP contribution in [0.5, 0.6) is 0 Å². The van der Waals surface area contributed by atoms with Gasteiger partial charge in [0.05, 0.1) is 6.42 Å². The molecule has 2 aromatic rings. The molecule has 0 spiro atoms. The van der Waals surface area contributed by atoms with E-state index in [9.17, 15) is 4.79 Å². The minimum atomic E-state index is -0.806.